The van der Waals surface area contributed by atoms with Gasteiger partial charge in [0.05, 0.1) is 6.42 Å². The molecule has 3 rings (SSSR count). The minimum Gasteiger partial charge on any atom is -0.453 e. The number of fused-ring (bicyclic) bond motifs is 1. The molecule has 0 saturated carbocycles. The van der Waals surface area contributed by atoms with Crippen LogP contribution in [0.4, 0.5) is 5.69 Å². The maximum Gasteiger partial charge on any atom is 0.307 e. The van der Waals surface area contributed by atoms with E-state index in [2.05, 4.69) is 5.32 Å². The van der Waals surface area contributed by atoms with Gasteiger partial charge in [0, 0.05) is 45.2 Å². The van der Waals surface area contributed by atoms with E-state index in [1.807, 2.05) is 36.4 Å². The molecule has 0 aromatic heterocycles. The lowest BCUT2D eigenvalue weighted by atomic mass is 10.1. The lowest BCUT2D eigenvalue weighted by Crippen LogP contribution is -2.50. The standard InChI is InChI=1S/C23H27N3O5/c1-16(23(30)24-20-8-7-18-5-3-4-6-19(18)15-20)31-22(29)10-9-21(28)26-13-11-25(12-14-26)17(2)27/h3-8,15-16H,9-14H2,1-2H3,(H,24,30)/t16-/m0/s1. The van der Waals surface area contributed by atoms with Crippen molar-refractivity contribution in [1.29, 1.82) is 0 Å². The van der Waals surface area contributed by atoms with Crippen LogP contribution in [-0.2, 0) is 23.9 Å². The zero-order valence-electron chi connectivity index (χ0n) is 17.8. The number of nitrogens with one attached hydrogen (secondary N) is 1. The van der Waals surface area contributed by atoms with Crippen molar-refractivity contribution in [2.75, 3.05) is 31.5 Å². The molecule has 0 bridgehead atoms. The van der Waals surface area contributed by atoms with Gasteiger partial charge in [-0.2, -0.15) is 0 Å². The average Bonchev–Trinajstić information content (AvgIpc) is 2.77. The van der Waals surface area contributed by atoms with Gasteiger partial charge in [-0.15, -0.1) is 0 Å². The highest BCUT2D eigenvalue weighted by molar-refractivity contribution is 5.97. The molecule has 164 valence electrons. The van der Waals surface area contributed by atoms with Gasteiger partial charge in [-0.3, -0.25) is 19.2 Å². The van der Waals surface area contributed by atoms with E-state index in [4.69, 9.17) is 4.74 Å². The number of carbonyl (C=O) groups is 4. The number of amides is 3. The molecule has 1 N–H and O–H groups in total. The zero-order valence-corrected chi connectivity index (χ0v) is 17.8. The second kappa shape index (κ2) is 10.1. The number of benzene rings is 2. The number of nitrogens with zero attached hydrogens (tertiary/aromatic N) is 2. The van der Waals surface area contributed by atoms with Gasteiger partial charge in [0.15, 0.2) is 6.10 Å². The van der Waals surface area contributed by atoms with Crippen LogP contribution >= 0.6 is 0 Å². The lowest BCUT2D eigenvalue weighted by molar-refractivity contribution is -0.154. The Balaban J connectivity index is 1.42. The Hall–Kier alpha value is -3.42. The summed E-state index contributed by atoms with van der Waals surface area (Å²) in [4.78, 5) is 51.4. The average molecular weight is 425 g/mol. The van der Waals surface area contributed by atoms with Crippen molar-refractivity contribution in [1.82, 2.24) is 9.80 Å². The lowest BCUT2D eigenvalue weighted by Gasteiger charge is -2.34. The van der Waals surface area contributed by atoms with Crippen molar-refractivity contribution in [2.24, 2.45) is 0 Å². The summed E-state index contributed by atoms with van der Waals surface area (Å²) < 4.78 is 5.18. The first-order valence-corrected chi connectivity index (χ1v) is 10.4. The van der Waals surface area contributed by atoms with Crippen molar-refractivity contribution < 1.29 is 23.9 Å². The Morgan fingerprint density at radius 3 is 2.26 bits per heavy atom. The minimum atomic E-state index is -0.979. The summed E-state index contributed by atoms with van der Waals surface area (Å²) in [5.41, 5.74) is 0.617. The van der Waals surface area contributed by atoms with E-state index in [1.165, 1.54) is 13.8 Å². The van der Waals surface area contributed by atoms with Gasteiger partial charge >= 0.3 is 5.97 Å². The molecule has 1 fully saturated rings. The van der Waals surface area contributed by atoms with E-state index < -0.39 is 18.0 Å². The summed E-state index contributed by atoms with van der Waals surface area (Å²) >= 11 is 0. The number of hydrogen-bond acceptors (Lipinski definition) is 5. The number of carbonyl (C=O) groups excluding carboxylic acids is 4. The molecule has 0 aliphatic carbocycles. The highest BCUT2D eigenvalue weighted by atomic mass is 16.5. The van der Waals surface area contributed by atoms with Crippen LogP contribution in [0, 0.1) is 0 Å². The highest BCUT2D eigenvalue weighted by Gasteiger charge is 2.24. The number of hydrogen-bond donors (Lipinski definition) is 1. The van der Waals surface area contributed by atoms with E-state index in [9.17, 15) is 19.2 Å². The molecule has 1 heterocycles. The van der Waals surface area contributed by atoms with Crippen LogP contribution in [0.2, 0.25) is 0 Å². The van der Waals surface area contributed by atoms with Crippen LogP contribution in [0.3, 0.4) is 0 Å². The highest BCUT2D eigenvalue weighted by Crippen LogP contribution is 2.19. The van der Waals surface area contributed by atoms with E-state index in [1.54, 1.807) is 15.9 Å². The fraction of sp³-hybridized carbons (Fsp3) is 0.391. The van der Waals surface area contributed by atoms with Crippen molar-refractivity contribution in [3.63, 3.8) is 0 Å². The number of anilines is 1. The van der Waals surface area contributed by atoms with E-state index >= 15 is 0 Å². The summed E-state index contributed by atoms with van der Waals surface area (Å²) in [5, 5.41) is 4.80. The van der Waals surface area contributed by atoms with Gasteiger partial charge in [0.1, 0.15) is 0 Å². The first kappa shape index (κ1) is 22.3. The first-order valence-electron chi connectivity index (χ1n) is 10.4. The number of esters is 1. The molecule has 8 heteroatoms. The number of piperazine rings is 1. The smallest absolute Gasteiger partial charge is 0.307 e. The van der Waals surface area contributed by atoms with Gasteiger partial charge in [-0.05, 0) is 29.8 Å². The Bertz CT molecular complexity index is 982. The first-order chi connectivity index (χ1) is 14.8. The van der Waals surface area contributed by atoms with Crippen LogP contribution in [0.5, 0.6) is 0 Å². The monoisotopic (exact) mass is 425 g/mol. The predicted molar refractivity (Wildman–Crippen MR) is 116 cm³/mol. The van der Waals surface area contributed by atoms with Crippen molar-refractivity contribution >= 4 is 40.2 Å². The maximum absolute atomic E-state index is 12.4. The molecule has 1 aliphatic heterocycles. The number of ether oxygens (including phenoxy) is 1. The molecule has 1 atom stereocenters. The molecule has 0 radical (unpaired) electrons. The fourth-order valence-electron chi connectivity index (χ4n) is 3.46. The van der Waals surface area contributed by atoms with Crippen LogP contribution in [-0.4, -0.2) is 65.8 Å². The van der Waals surface area contributed by atoms with E-state index in [0.717, 1.165) is 10.8 Å². The van der Waals surface area contributed by atoms with Crippen LogP contribution < -0.4 is 5.32 Å². The SMILES string of the molecule is CC(=O)N1CCN(C(=O)CCC(=O)O[C@@H](C)C(=O)Nc2ccc3ccccc3c2)CC1. The van der Waals surface area contributed by atoms with Crippen molar-refractivity contribution in [3.05, 3.63) is 42.5 Å². The van der Waals surface area contributed by atoms with Gasteiger partial charge in [-0.25, -0.2) is 0 Å². The summed E-state index contributed by atoms with van der Waals surface area (Å²) in [6.07, 6.45) is -1.06. The molecule has 2 aromatic carbocycles. The Morgan fingerprint density at radius 2 is 1.58 bits per heavy atom. The summed E-state index contributed by atoms with van der Waals surface area (Å²) in [6, 6.07) is 13.3. The Kier molecular flexibility index (Phi) is 7.23. The van der Waals surface area contributed by atoms with Gasteiger partial charge in [0.25, 0.3) is 5.91 Å². The number of rotatable bonds is 6. The normalized spacial score (nSPS) is 14.8. The summed E-state index contributed by atoms with van der Waals surface area (Å²) in [6.45, 7) is 4.91. The molecule has 0 spiro atoms. The second-order valence-corrected chi connectivity index (χ2v) is 7.57. The molecule has 1 saturated heterocycles. The van der Waals surface area contributed by atoms with Gasteiger partial charge < -0.3 is 19.9 Å². The summed E-state index contributed by atoms with van der Waals surface area (Å²) in [7, 11) is 0. The minimum absolute atomic E-state index is 0.00775. The third-order valence-corrected chi connectivity index (χ3v) is 5.32. The molecule has 8 nitrogen and oxygen atoms in total. The maximum atomic E-state index is 12.4. The third kappa shape index (κ3) is 6.04. The molecule has 3 amide bonds. The fourth-order valence-corrected chi connectivity index (χ4v) is 3.46. The second-order valence-electron chi connectivity index (χ2n) is 7.57. The molecular weight excluding hydrogens is 398 g/mol. The third-order valence-electron chi connectivity index (χ3n) is 5.32. The van der Waals surface area contributed by atoms with Gasteiger partial charge in [-0.1, -0.05) is 30.3 Å². The summed E-state index contributed by atoms with van der Waals surface area (Å²) in [5.74, 6) is -1.20. The van der Waals surface area contributed by atoms with E-state index in [-0.39, 0.29) is 24.7 Å². The van der Waals surface area contributed by atoms with Gasteiger partial charge in [0.2, 0.25) is 11.8 Å². The van der Waals surface area contributed by atoms with Crippen LogP contribution in [0.1, 0.15) is 26.7 Å². The topological polar surface area (TPSA) is 96.0 Å². The zero-order chi connectivity index (χ0) is 22.4. The van der Waals surface area contributed by atoms with Crippen LogP contribution in [0.25, 0.3) is 10.8 Å². The molecule has 2 aromatic rings. The Morgan fingerprint density at radius 1 is 0.935 bits per heavy atom. The largest absolute Gasteiger partial charge is 0.453 e. The quantitative estimate of drug-likeness (QED) is 0.716. The van der Waals surface area contributed by atoms with Crippen molar-refractivity contribution in [2.45, 2.75) is 32.8 Å². The molecular formula is C23H27N3O5. The predicted octanol–water partition coefficient (Wildman–Crippen LogP) is 2.18. The van der Waals surface area contributed by atoms with Crippen LogP contribution in [0.15, 0.2) is 42.5 Å². The molecule has 0 unspecified atom stereocenters. The molecule has 31 heavy (non-hydrogen) atoms. The molecule has 1 aliphatic rings. The Labute approximate surface area is 181 Å². The van der Waals surface area contributed by atoms with E-state index in [0.29, 0.717) is 31.9 Å². The van der Waals surface area contributed by atoms with Crippen molar-refractivity contribution in [3.8, 4) is 0 Å².